The summed E-state index contributed by atoms with van der Waals surface area (Å²) < 4.78 is 10.1. The third-order valence-electron chi connectivity index (χ3n) is 10.6. The molecule has 0 amide bonds. The number of nitrogens with zero attached hydrogens (tertiary/aromatic N) is 4. The van der Waals surface area contributed by atoms with Crippen LogP contribution in [0.25, 0.3) is 72.6 Å². The van der Waals surface area contributed by atoms with Crippen LogP contribution in [0, 0.1) is 18.1 Å². The molecule has 0 aliphatic heterocycles. The monoisotopic (exact) mass is 1010 g/mol. The zero-order valence-corrected chi connectivity index (χ0v) is 39.6. The second-order valence-corrected chi connectivity index (χ2v) is 28.1. The van der Waals surface area contributed by atoms with E-state index in [1.807, 2.05) is 48.5 Å². The predicted octanol–water partition coefficient (Wildman–Crippen LogP) is 13.0. The zero-order chi connectivity index (χ0) is 40.6. The van der Waals surface area contributed by atoms with Crippen molar-refractivity contribution in [2.45, 2.75) is 63.7 Å². The molecule has 299 valence electrons. The van der Waals surface area contributed by atoms with E-state index in [0.717, 1.165) is 73.3 Å². The van der Waals surface area contributed by atoms with Crippen LogP contribution in [0.1, 0.15) is 45.7 Å². The van der Waals surface area contributed by atoms with E-state index in [0.29, 0.717) is 11.6 Å². The van der Waals surface area contributed by atoms with Crippen molar-refractivity contribution in [3.8, 4) is 39.5 Å². The first kappa shape index (κ1) is 42.0. The predicted molar refractivity (Wildman–Crippen MR) is 245 cm³/mol. The standard InChI is InChI=1S/C34H26N3O.C18H24GeN.Ir/c1-34(2,3)23-18-19-29(27(21-23)22-11-5-4-6-12-22)37-30-17-8-7-16-28(30)36-32(37)26-14-9-13-24-25-15-10-20-35-33(25)38-31(24)26;1-14(2)11-16-12-18(15-9-7-6-8-10-15)20-13-17(16)19(3,4)5;/h4-13,15-21H,1-3H3;6-9,12-14H,11H2,1-5H3;/q2*-1;. The van der Waals surface area contributed by atoms with E-state index in [-0.39, 0.29) is 25.5 Å². The summed E-state index contributed by atoms with van der Waals surface area (Å²) in [6.45, 7) is 11.3. The van der Waals surface area contributed by atoms with Crippen LogP contribution < -0.4 is 4.40 Å². The Kier molecular flexibility index (Phi) is 12.3. The van der Waals surface area contributed by atoms with Crippen molar-refractivity contribution in [1.82, 2.24) is 19.5 Å². The smallest absolute Gasteiger partial charge is 0 e. The molecule has 0 aliphatic carbocycles. The van der Waals surface area contributed by atoms with Gasteiger partial charge in [0, 0.05) is 42.9 Å². The van der Waals surface area contributed by atoms with E-state index < -0.39 is 13.3 Å². The molecule has 4 aromatic heterocycles. The average molecular weight is 1010 g/mol. The number of imidazole rings is 1. The van der Waals surface area contributed by atoms with Crippen molar-refractivity contribution < 1.29 is 24.5 Å². The Morgan fingerprint density at radius 2 is 1.53 bits per heavy atom. The molecule has 59 heavy (non-hydrogen) atoms. The normalized spacial score (nSPS) is 11.8. The summed E-state index contributed by atoms with van der Waals surface area (Å²) in [4.78, 5) is 14.3. The molecule has 0 bridgehead atoms. The minimum Gasteiger partial charge on any atom is 0 e. The maximum atomic E-state index is 6.31. The molecular formula is C52H50GeIrN4O-2. The maximum absolute atomic E-state index is 6.31. The topological polar surface area (TPSA) is 56.7 Å². The molecule has 1 radical (unpaired) electrons. The molecule has 7 heteroatoms. The van der Waals surface area contributed by atoms with Gasteiger partial charge in [0.05, 0.1) is 22.4 Å². The van der Waals surface area contributed by atoms with Crippen LogP contribution in [0.5, 0.6) is 0 Å². The number of furan rings is 1. The van der Waals surface area contributed by atoms with E-state index >= 15 is 0 Å². The second-order valence-electron chi connectivity index (χ2n) is 17.5. The molecule has 0 saturated carbocycles. The van der Waals surface area contributed by atoms with Gasteiger partial charge >= 0.3 is 126 Å². The van der Waals surface area contributed by atoms with Crippen molar-refractivity contribution >= 4 is 50.8 Å². The van der Waals surface area contributed by atoms with Crippen LogP contribution >= 0.6 is 0 Å². The van der Waals surface area contributed by atoms with Crippen LogP contribution in [-0.4, -0.2) is 32.8 Å². The average Bonchev–Trinajstić information content (AvgIpc) is 3.79. The minimum atomic E-state index is -1.86. The summed E-state index contributed by atoms with van der Waals surface area (Å²) in [5, 5.41) is 1.99. The van der Waals surface area contributed by atoms with Gasteiger partial charge in [0.15, 0.2) is 0 Å². The molecule has 5 aromatic carbocycles. The quantitative estimate of drug-likeness (QED) is 0.118. The zero-order valence-electron chi connectivity index (χ0n) is 35.1. The molecule has 0 fully saturated rings. The van der Waals surface area contributed by atoms with Gasteiger partial charge in [-0.25, -0.2) is 4.98 Å². The Labute approximate surface area is 364 Å². The molecular weight excluding hydrogens is 961 g/mol. The van der Waals surface area contributed by atoms with Crippen LogP contribution in [0.4, 0.5) is 0 Å². The molecule has 9 rings (SSSR count). The van der Waals surface area contributed by atoms with Gasteiger partial charge in [-0.2, -0.15) is 0 Å². The maximum Gasteiger partial charge on any atom is 0 e. The van der Waals surface area contributed by atoms with Crippen molar-refractivity contribution in [3.05, 3.63) is 163 Å². The Morgan fingerprint density at radius 1 is 0.763 bits per heavy atom. The number of rotatable bonds is 7. The second kappa shape index (κ2) is 17.2. The third-order valence-corrected chi connectivity index (χ3v) is 14.9. The molecule has 0 atom stereocenters. The number of hydrogen-bond donors (Lipinski definition) is 0. The molecule has 0 aliphatic rings. The van der Waals surface area contributed by atoms with Crippen molar-refractivity contribution in [1.29, 1.82) is 0 Å². The summed E-state index contributed by atoms with van der Waals surface area (Å²) in [6.07, 6.45) is 5.03. The Morgan fingerprint density at radius 3 is 2.25 bits per heavy atom. The fourth-order valence-electron chi connectivity index (χ4n) is 7.71. The Balaban J connectivity index is 0.000000214. The van der Waals surface area contributed by atoms with Crippen molar-refractivity contribution in [2.75, 3.05) is 0 Å². The van der Waals surface area contributed by atoms with E-state index in [9.17, 15) is 0 Å². The van der Waals surface area contributed by atoms with E-state index in [1.165, 1.54) is 11.1 Å². The molecule has 9 aromatic rings. The molecule has 5 nitrogen and oxygen atoms in total. The van der Waals surface area contributed by atoms with E-state index in [4.69, 9.17) is 14.4 Å². The Hall–Kier alpha value is -5.14. The molecule has 0 N–H and O–H groups in total. The largest absolute Gasteiger partial charge is 0 e. The molecule has 0 spiro atoms. The van der Waals surface area contributed by atoms with E-state index in [1.54, 1.807) is 10.6 Å². The van der Waals surface area contributed by atoms with Gasteiger partial charge in [-0.15, -0.1) is 18.2 Å². The van der Waals surface area contributed by atoms with Gasteiger partial charge in [0.1, 0.15) is 0 Å². The number of hydrogen-bond acceptors (Lipinski definition) is 4. The number of fused-ring (bicyclic) bond motifs is 4. The van der Waals surface area contributed by atoms with Crippen LogP contribution in [0.2, 0.25) is 17.3 Å². The third kappa shape index (κ3) is 8.77. The first-order valence-corrected chi connectivity index (χ1v) is 27.5. The van der Waals surface area contributed by atoms with Gasteiger partial charge in [-0.3, -0.25) is 4.98 Å². The molecule has 4 heterocycles. The summed E-state index contributed by atoms with van der Waals surface area (Å²) >= 11 is -1.86. The number of para-hydroxylation sites is 2. The fraction of sp³-hybridized carbons (Fsp3) is 0.212. The SMILES string of the molecule is CC(C)(C)c1ccc(-n2c(-c3[c-]ccc4c3oc3ncccc34)nc3ccccc32)c(-c2ccccc2)c1.CC(C)Cc1cc(-c2[c-]cccc2)nc[c]1[Ge]([CH3])([CH3])[CH3].[Ir]. The van der Waals surface area contributed by atoms with Gasteiger partial charge in [0.2, 0.25) is 5.71 Å². The first-order valence-electron chi connectivity index (χ1n) is 20.2. The number of benzene rings is 5. The fourth-order valence-corrected chi connectivity index (χ4v) is 11.0. The summed E-state index contributed by atoms with van der Waals surface area (Å²) in [5.41, 5.74) is 12.4. The Bertz CT molecular complexity index is 2870. The molecule has 0 unspecified atom stereocenters. The number of pyridine rings is 2. The van der Waals surface area contributed by atoms with Crippen LogP contribution in [-0.2, 0) is 31.9 Å². The summed E-state index contributed by atoms with van der Waals surface area (Å²) in [7, 11) is 0. The van der Waals surface area contributed by atoms with Crippen LogP contribution in [0.15, 0.2) is 144 Å². The van der Waals surface area contributed by atoms with Gasteiger partial charge in [-0.05, 0) is 52.9 Å². The summed E-state index contributed by atoms with van der Waals surface area (Å²) in [6, 6.07) is 50.7. The van der Waals surface area contributed by atoms with Crippen molar-refractivity contribution in [3.63, 3.8) is 0 Å². The van der Waals surface area contributed by atoms with Gasteiger partial charge in [-0.1, -0.05) is 80.3 Å². The van der Waals surface area contributed by atoms with Gasteiger partial charge < -0.3 is 8.98 Å². The van der Waals surface area contributed by atoms with Crippen LogP contribution in [0.3, 0.4) is 0 Å². The van der Waals surface area contributed by atoms with E-state index in [2.05, 4.69) is 159 Å². The first-order chi connectivity index (χ1) is 27.9. The van der Waals surface area contributed by atoms with Crippen molar-refractivity contribution in [2.24, 2.45) is 5.92 Å². The van der Waals surface area contributed by atoms with Gasteiger partial charge in [0.25, 0.3) is 0 Å². The molecule has 0 saturated heterocycles. The summed E-state index contributed by atoms with van der Waals surface area (Å²) in [5.74, 6) is 8.78. The number of aromatic nitrogens is 4. The minimum absolute atomic E-state index is 0.